The molecule has 2 aromatic rings. The molecule has 0 radical (unpaired) electrons. The van der Waals surface area contributed by atoms with Crippen molar-refractivity contribution in [3.8, 4) is 0 Å². The van der Waals surface area contributed by atoms with E-state index in [0.717, 1.165) is 5.56 Å². The van der Waals surface area contributed by atoms with E-state index in [4.69, 9.17) is 0 Å². The largest absolute Gasteiger partial charge is 0.319 e. The lowest BCUT2D eigenvalue weighted by molar-refractivity contribution is -0.385. The van der Waals surface area contributed by atoms with E-state index in [1.54, 1.807) is 13.0 Å². The van der Waals surface area contributed by atoms with Crippen molar-refractivity contribution in [2.45, 2.75) is 6.92 Å². The third kappa shape index (κ3) is 3.25. The number of nitrogens with zero attached hydrogens (tertiary/aromatic N) is 1. The number of nitro benzene ring substituents is 1. The van der Waals surface area contributed by atoms with Crippen molar-refractivity contribution < 1.29 is 14.1 Å². The minimum absolute atomic E-state index is 0.0263. The number of carbonyl (C=O) groups excluding carboxylic acids is 1. The van der Waals surface area contributed by atoms with Crippen LogP contribution in [0.3, 0.4) is 0 Å². The number of halogens is 2. The Morgan fingerprint density at radius 3 is 2.71 bits per heavy atom. The molecule has 108 valence electrons. The molecule has 0 fully saturated rings. The molecule has 0 unspecified atom stereocenters. The molecule has 21 heavy (non-hydrogen) atoms. The number of hydrogen-bond donors (Lipinski definition) is 1. The molecule has 0 aromatic heterocycles. The summed E-state index contributed by atoms with van der Waals surface area (Å²) in [5.41, 5.74) is 0.640. The molecule has 2 aromatic carbocycles. The van der Waals surface area contributed by atoms with Crippen LogP contribution in [0.4, 0.5) is 15.8 Å². The fourth-order valence-corrected chi connectivity index (χ4v) is 2.35. The molecule has 0 spiro atoms. The van der Waals surface area contributed by atoms with Crippen molar-refractivity contribution in [1.82, 2.24) is 0 Å². The molecule has 0 aliphatic rings. The van der Waals surface area contributed by atoms with E-state index in [1.807, 2.05) is 0 Å². The molecular weight excluding hydrogens is 343 g/mol. The Kier molecular flexibility index (Phi) is 4.32. The molecule has 0 aliphatic heterocycles. The highest BCUT2D eigenvalue weighted by Crippen LogP contribution is 2.29. The maximum absolute atomic E-state index is 13.6. The SMILES string of the molecule is Cc1ccc(F)c(NC(=O)c2cccc([N+](=O)[O-])c2Br)c1. The molecule has 0 aliphatic carbocycles. The first-order chi connectivity index (χ1) is 9.90. The molecule has 1 amide bonds. The second-order valence-electron chi connectivity index (χ2n) is 4.33. The van der Waals surface area contributed by atoms with E-state index in [9.17, 15) is 19.3 Å². The summed E-state index contributed by atoms with van der Waals surface area (Å²) in [4.78, 5) is 22.4. The van der Waals surface area contributed by atoms with Gasteiger partial charge in [-0.1, -0.05) is 12.1 Å². The van der Waals surface area contributed by atoms with Crippen LogP contribution in [0, 0.1) is 22.9 Å². The Morgan fingerprint density at radius 1 is 1.33 bits per heavy atom. The Bertz CT molecular complexity index is 734. The number of hydrogen-bond acceptors (Lipinski definition) is 3. The average Bonchev–Trinajstić information content (AvgIpc) is 2.42. The van der Waals surface area contributed by atoms with Gasteiger partial charge >= 0.3 is 0 Å². The highest BCUT2D eigenvalue weighted by molar-refractivity contribution is 9.10. The zero-order chi connectivity index (χ0) is 15.6. The van der Waals surface area contributed by atoms with E-state index >= 15 is 0 Å². The predicted octanol–water partition coefficient (Wildman–Crippen LogP) is 4.06. The van der Waals surface area contributed by atoms with Gasteiger partial charge in [-0.25, -0.2) is 4.39 Å². The van der Waals surface area contributed by atoms with Crippen LogP contribution in [0.25, 0.3) is 0 Å². The normalized spacial score (nSPS) is 10.2. The summed E-state index contributed by atoms with van der Waals surface area (Å²) in [5.74, 6) is -1.20. The van der Waals surface area contributed by atoms with Crippen LogP contribution >= 0.6 is 15.9 Å². The summed E-state index contributed by atoms with van der Waals surface area (Å²) < 4.78 is 13.7. The van der Waals surface area contributed by atoms with Gasteiger partial charge in [0.25, 0.3) is 11.6 Å². The maximum atomic E-state index is 13.6. The van der Waals surface area contributed by atoms with E-state index in [2.05, 4.69) is 21.2 Å². The fraction of sp³-hybridized carbons (Fsp3) is 0.0714. The summed E-state index contributed by atoms with van der Waals surface area (Å²) >= 11 is 3.03. The minimum Gasteiger partial charge on any atom is -0.319 e. The highest BCUT2D eigenvalue weighted by atomic mass is 79.9. The lowest BCUT2D eigenvalue weighted by Gasteiger charge is -2.08. The van der Waals surface area contributed by atoms with Gasteiger partial charge in [0.2, 0.25) is 0 Å². The minimum atomic E-state index is -0.630. The van der Waals surface area contributed by atoms with Crippen molar-refractivity contribution in [1.29, 1.82) is 0 Å². The van der Waals surface area contributed by atoms with E-state index in [-0.39, 0.29) is 21.4 Å². The van der Waals surface area contributed by atoms with Gasteiger partial charge in [0.1, 0.15) is 10.3 Å². The number of nitrogens with one attached hydrogen (secondary N) is 1. The zero-order valence-corrected chi connectivity index (χ0v) is 12.5. The van der Waals surface area contributed by atoms with Crippen molar-refractivity contribution >= 4 is 33.2 Å². The lowest BCUT2D eigenvalue weighted by atomic mass is 10.1. The lowest BCUT2D eigenvalue weighted by Crippen LogP contribution is -2.14. The number of aryl methyl sites for hydroxylation is 1. The first-order valence-electron chi connectivity index (χ1n) is 5.90. The Labute approximate surface area is 128 Å². The Morgan fingerprint density at radius 2 is 2.05 bits per heavy atom. The molecule has 1 N–H and O–H groups in total. The van der Waals surface area contributed by atoms with E-state index in [0.29, 0.717) is 0 Å². The number of amides is 1. The van der Waals surface area contributed by atoms with E-state index in [1.165, 1.54) is 30.3 Å². The molecule has 0 atom stereocenters. The van der Waals surface area contributed by atoms with Crippen LogP contribution in [-0.2, 0) is 0 Å². The fourth-order valence-electron chi connectivity index (χ4n) is 1.76. The molecular formula is C14H10BrFN2O3. The third-order valence-electron chi connectivity index (χ3n) is 2.79. The summed E-state index contributed by atoms with van der Waals surface area (Å²) in [7, 11) is 0. The molecule has 5 nitrogen and oxygen atoms in total. The topological polar surface area (TPSA) is 72.2 Å². The van der Waals surface area contributed by atoms with Gasteiger partial charge in [-0.2, -0.15) is 0 Å². The third-order valence-corrected chi connectivity index (χ3v) is 3.62. The van der Waals surface area contributed by atoms with Crippen LogP contribution in [0.1, 0.15) is 15.9 Å². The first-order valence-corrected chi connectivity index (χ1v) is 6.70. The maximum Gasteiger partial charge on any atom is 0.284 e. The van der Waals surface area contributed by atoms with Crippen molar-refractivity contribution in [3.05, 3.63) is 67.9 Å². The van der Waals surface area contributed by atoms with Crippen molar-refractivity contribution in [2.75, 3.05) is 5.32 Å². The monoisotopic (exact) mass is 352 g/mol. The van der Waals surface area contributed by atoms with Gasteiger partial charge in [0, 0.05) is 6.07 Å². The second-order valence-corrected chi connectivity index (χ2v) is 5.13. The Hall–Kier alpha value is -2.28. The number of benzene rings is 2. The molecule has 0 saturated carbocycles. The van der Waals surface area contributed by atoms with E-state index < -0.39 is 16.6 Å². The number of anilines is 1. The number of rotatable bonds is 3. The van der Waals surface area contributed by atoms with Gasteiger partial charge < -0.3 is 5.32 Å². The van der Waals surface area contributed by atoms with Crippen molar-refractivity contribution in [3.63, 3.8) is 0 Å². The molecule has 0 heterocycles. The van der Waals surface area contributed by atoms with Gasteiger partial charge in [0.05, 0.1) is 16.2 Å². The smallest absolute Gasteiger partial charge is 0.284 e. The predicted molar refractivity (Wildman–Crippen MR) is 79.9 cm³/mol. The number of nitro groups is 1. The van der Waals surface area contributed by atoms with Crippen molar-refractivity contribution in [2.24, 2.45) is 0 Å². The van der Waals surface area contributed by atoms with Crippen LogP contribution < -0.4 is 5.32 Å². The number of carbonyl (C=O) groups is 1. The summed E-state index contributed by atoms with van der Waals surface area (Å²) in [6.07, 6.45) is 0. The summed E-state index contributed by atoms with van der Waals surface area (Å²) in [6, 6.07) is 8.39. The van der Waals surface area contributed by atoms with Crippen LogP contribution in [0.15, 0.2) is 40.9 Å². The van der Waals surface area contributed by atoms with Gasteiger partial charge in [-0.05, 0) is 46.6 Å². The summed E-state index contributed by atoms with van der Waals surface area (Å²) in [5, 5.41) is 13.2. The quantitative estimate of drug-likeness (QED) is 0.668. The van der Waals surface area contributed by atoms with Crippen LogP contribution in [0.2, 0.25) is 0 Å². The zero-order valence-electron chi connectivity index (χ0n) is 10.9. The van der Waals surface area contributed by atoms with Gasteiger partial charge in [0.15, 0.2) is 0 Å². The standard InChI is InChI=1S/C14H10BrFN2O3/c1-8-5-6-10(16)11(7-8)17-14(19)9-3-2-4-12(13(9)15)18(20)21/h2-7H,1H3,(H,17,19). The van der Waals surface area contributed by atoms with Crippen LogP contribution in [0.5, 0.6) is 0 Å². The highest BCUT2D eigenvalue weighted by Gasteiger charge is 2.20. The average molecular weight is 353 g/mol. The molecule has 0 saturated heterocycles. The second kappa shape index (κ2) is 6.01. The Balaban J connectivity index is 2.35. The van der Waals surface area contributed by atoms with Gasteiger partial charge in [-0.3, -0.25) is 14.9 Å². The van der Waals surface area contributed by atoms with Gasteiger partial charge in [-0.15, -0.1) is 0 Å². The molecule has 7 heteroatoms. The molecule has 2 rings (SSSR count). The molecule has 0 bridgehead atoms. The summed E-state index contributed by atoms with van der Waals surface area (Å²) in [6.45, 7) is 1.76. The van der Waals surface area contributed by atoms with Crippen LogP contribution in [-0.4, -0.2) is 10.8 Å². The first kappa shape index (κ1) is 15.1.